The molecule has 0 saturated carbocycles. The Kier molecular flexibility index (Phi) is 3.88. The maximum absolute atomic E-state index is 12.3. The number of carbonyl (C=O) groups is 1. The third kappa shape index (κ3) is 2.84. The van der Waals surface area contributed by atoms with E-state index in [4.69, 9.17) is 5.73 Å². The first-order valence-corrected chi connectivity index (χ1v) is 6.76. The number of amides is 1. The molecule has 0 radical (unpaired) electrons. The molecule has 1 amide bonds. The zero-order chi connectivity index (χ0) is 15.7. The minimum absolute atomic E-state index is 0.000620. The molecule has 6 nitrogen and oxygen atoms in total. The highest BCUT2D eigenvalue weighted by atomic mass is 16.3. The zero-order valence-corrected chi connectivity index (χ0v) is 12.6. The average molecular weight is 288 g/mol. The van der Waals surface area contributed by atoms with Gasteiger partial charge in [-0.15, -0.1) is 0 Å². The van der Waals surface area contributed by atoms with Crippen LogP contribution in [0, 0.1) is 13.8 Å². The Bertz CT molecular complexity index is 689. The first-order chi connectivity index (χ1) is 9.81. The van der Waals surface area contributed by atoms with Gasteiger partial charge in [0.2, 0.25) is 0 Å². The minimum Gasteiger partial charge on any atom is -0.508 e. The summed E-state index contributed by atoms with van der Waals surface area (Å²) in [5, 5.41) is 16.7. The largest absolute Gasteiger partial charge is 0.508 e. The number of aromatic hydroxyl groups is 1. The van der Waals surface area contributed by atoms with Gasteiger partial charge in [0.05, 0.1) is 22.6 Å². The molecular formula is C15H20N4O2. The Morgan fingerprint density at radius 3 is 2.62 bits per heavy atom. The number of nitrogens with one attached hydrogen (secondary N) is 1. The fourth-order valence-corrected chi connectivity index (χ4v) is 2.27. The molecule has 2 aromatic rings. The van der Waals surface area contributed by atoms with Gasteiger partial charge in [0.15, 0.2) is 0 Å². The first-order valence-electron chi connectivity index (χ1n) is 6.76. The van der Waals surface area contributed by atoms with Crippen molar-refractivity contribution in [3.8, 4) is 5.75 Å². The highest BCUT2D eigenvalue weighted by Gasteiger charge is 2.18. The SMILES string of the molecule is Cc1nn(C(C)C)c(C)c1NC(=O)c1cc(O)ccc1N. The van der Waals surface area contributed by atoms with E-state index in [9.17, 15) is 9.90 Å². The van der Waals surface area contributed by atoms with Crippen LogP contribution in [0.25, 0.3) is 0 Å². The van der Waals surface area contributed by atoms with Gasteiger partial charge in [0.25, 0.3) is 5.91 Å². The summed E-state index contributed by atoms with van der Waals surface area (Å²) in [5.74, 6) is -0.362. The number of nitrogens with zero attached hydrogens (tertiary/aromatic N) is 2. The number of hydrogen-bond acceptors (Lipinski definition) is 4. The summed E-state index contributed by atoms with van der Waals surface area (Å²) in [6.45, 7) is 7.80. The number of benzene rings is 1. The van der Waals surface area contributed by atoms with E-state index in [-0.39, 0.29) is 23.3 Å². The topological polar surface area (TPSA) is 93.2 Å². The molecule has 0 saturated heterocycles. The molecule has 1 aromatic heterocycles. The summed E-state index contributed by atoms with van der Waals surface area (Å²) in [4.78, 5) is 12.3. The molecule has 112 valence electrons. The highest BCUT2D eigenvalue weighted by molar-refractivity contribution is 6.08. The van der Waals surface area contributed by atoms with E-state index in [1.165, 1.54) is 18.2 Å². The van der Waals surface area contributed by atoms with Crippen LogP contribution >= 0.6 is 0 Å². The number of phenols is 1. The van der Waals surface area contributed by atoms with Crippen molar-refractivity contribution in [3.63, 3.8) is 0 Å². The van der Waals surface area contributed by atoms with Gasteiger partial charge in [-0.05, 0) is 45.9 Å². The lowest BCUT2D eigenvalue weighted by molar-refractivity contribution is 0.102. The number of aryl methyl sites for hydroxylation is 1. The van der Waals surface area contributed by atoms with Gasteiger partial charge < -0.3 is 16.2 Å². The normalized spacial score (nSPS) is 10.9. The van der Waals surface area contributed by atoms with Crippen molar-refractivity contribution >= 4 is 17.3 Å². The number of aromatic nitrogens is 2. The molecule has 0 unspecified atom stereocenters. The lowest BCUT2D eigenvalue weighted by Gasteiger charge is -2.10. The molecule has 4 N–H and O–H groups in total. The summed E-state index contributed by atoms with van der Waals surface area (Å²) < 4.78 is 1.86. The predicted octanol–water partition coefficient (Wildman–Crippen LogP) is 2.62. The van der Waals surface area contributed by atoms with Gasteiger partial charge >= 0.3 is 0 Å². The predicted molar refractivity (Wildman–Crippen MR) is 82.6 cm³/mol. The van der Waals surface area contributed by atoms with Crippen molar-refractivity contribution in [1.82, 2.24) is 9.78 Å². The van der Waals surface area contributed by atoms with Gasteiger partial charge in [0.1, 0.15) is 5.75 Å². The summed E-state index contributed by atoms with van der Waals surface area (Å²) in [7, 11) is 0. The number of nitrogen functional groups attached to an aromatic ring is 1. The van der Waals surface area contributed by atoms with E-state index in [1.807, 2.05) is 32.4 Å². The summed E-state index contributed by atoms with van der Waals surface area (Å²) in [6.07, 6.45) is 0. The number of anilines is 2. The van der Waals surface area contributed by atoms with Crippen LogP contribution < -0.4 is 11.1 Å². The molecule has 1 heterocycles. The van der Waals surface area contributed by atoms with Crippen LogP contribution in [0.3, 0.4) is 0 Å². The summed E-state index contributed by atoms with van der Waals surface area (Å²) in [5.41, 5.74) is 8.64. The minimum atomic E-state index is -0.363. The Balaban J connectivity index is 2.34. The van der Waals surface area contributed by atoms with Crippen LogP contribution in [0.15, 0.2) is 18.2 Å². The second-order valence-corrected chi connectivity index (χ2v) is 5.31. The third-order valence-electron chi connectivity index (χ3n) is 3.33. The van der Waals surface area contributed by atoms with E-state index in [0.29, 0.717) is 11.4 Å². The van der Waals surface area contributed by atoms with Crippen molar-refractivity contribution in [3.05, 3.63) is 35.2 Å². The molecule has 0 bridgehead atoms. The van der Waals surface area contributed by atoms with Gasteiger partial charge in [-0.1, -0.05) is 0 Å². The summed E-state index contributed by atoms with van der Waals surface area (Å²) in [6, 6.07) is 4.50. The number of phenolic OH excluding ortho intramolecular Hbond substituents is 1. The quantitative estimate of drug-likeness (QED) is 0.598. The van der Waals surface area contributed by atoms with Crippen molar-refractivity contribution < 1.29 is 9.90 Å². The van der Waals surface area contributed by atoms with Crippen LogP contribution in [-0.4, -0.2) is 20.8 Å². The van der Waals surface area contributed by atoms with E-state index >= 15 is 0 Å². The molecule has 0 atom stereocenters. The Morgan fingerprint density at radius 1 is 1.38 bits per heavy atom. The second-order valence-electron chi connectivity index (χ2n) is 5.31. The average Bonchev–Trinajstić information content (AvgIpc) is 2.69. The number of hydrogen-bond donors (Lipinski definition) is 3. The maximum Gasteiger partial charge on any atom is 0.257 e. The van der Waals surface area contributed by atoms with Crippen LogP contribution in [-0.2, 0) is 0 Å². The fraction of sp³-hybridized carbons (Fsp3) is 0.333. The monoisotopic (exact) mass is 288 g/mol. The van der Waals surface area contributed by atoms with Gasteiger partial charge in [-0.25, -0.2) is 0 Å². The van der Waals surface area contributed by atoms with Gasteiger partial charge in [-0.3, -0.25) is 9.48 Å². The Labute approximate surface area is 123 Å². The standard InChI is InChI=1S/C15H20N4O2/c1-8(2)19-10(4)14(9(3)18-19)17-15(21)12-7-11(20)5-6-13(12)16/h5-8,20H,16H2,1-4H3,(H,17,21). The fourth-order valence-electron chi connectivity index (χ4n) is 2.27. The molecule has 0 fully saturated rings. The van der Waals surface area contributed by atoms with Crippen LogP contribution in [0.2, 0.25) is 0 Å². The molecule has 1 aromatic carbocycles. The van der Waals surface area contributed by atoms with Gasteiger partial charge in [0, 0.05) is 11.7 Å². The van der Waals surface area contributed by atoms with E-state index in [2.05, 4.69) is 10.4 Å². The Hall–Kier alpha value is -2.50. The molecular weight excluding hydrogens is 268 g/mol. The second kappa shape index (κ2) is 5.47. The van der Waals surface area contributed by atoms with Crippen LogP contribution in [0.5, 0.6) is 5.75 Å². The number of rotatable bonds is 3. The zero-order valence-electron chi connectivity index (χ0n) is 12.6. The molecule has 0 aliphatic rings. The maximum atomic E-state index is 12.3. The van der Waals surface area contributed by atoms with Crippen LogP contribution in [0.4, 0.5) is 11.4 Å². The number of carbonyl (C=O) groups excluding carboxylic acids is 1. The van der Waals surface area contributed by atoms with E-state index in [1.54, 1.807) is 0 Å². The van der Waals surface area contributed by atoms with E-state index < -0.39 is 0 Å². The third-order valence-corrected chi connectivity index (χ3v) is 3.33. The Morgan fingerprint density at radius 2 is 2.05 bits per heavy atom. The van der Waals surface area contributed by atoms with Crippen LogP contribution in [0.1, 0.15) is 41.6 Å². The summed E-state index contributed by atoms with van der Waals surface area (Å²) >= 11 is 0. The van der Waals surface area contributed by atoms with Crippen molar-refractivity contribution in [2.45, 2.75) is 33.7 Å². The lowest BCUT2D eigenvalue weighted by atomic mass is 10.1. The highest BCUT2D eigenvalue weighted by Crippen LogP contribution is 2.25. The number of nitrogens with two attached hydrogens (primary N) is 1. The molecule has 6 heteroatoms. The molecule has 0 aliphatic heterocycles. The van der Waals surface area contributed by atoms with Crippen molar-refractivity contribution in [2.24, 2.45) is 0 Å². The molecule has 0 aliphatic carbocycles. The molecule has 2 rings (SSSR count). The molecule has 0 spiro atoms. The first kappa shape index (κ1) is 14.9. The van der Waals surface area contributed by atoms with Crippen molar-refractivity contribution in [1.29, 1.82) is 0 Å². The molecule has 21 heavy (non-hydrogen) atoms. The van der Waals surface area contributed by atoms with Gasteiger partial charge in [-0.2, -0.15) is 5.10 Å². The lowest BCUT2D eigenvalue weighted by Crippen LogP contribution is -2.15. The smallest absolute Gasteiger partial charge is 0.257 e. The van der Waals surface area contributed by atoms with Crippen molar-refractivity contribution in [2.75, 3.05) is 11.1 Å². The van der Waals surface area contributed by atoms with E-state index in [0.717, 1.165) is 11.4 Å².